The first-order valence-corrected chi connectivity index (χ1v) is 6.87. The highest BCUT2D eigenvalue weighted by atomic mass is 79.9. The fraction of sp³-hybridized carbons (Fsp3) is 0.357. The molecule has 0 aliphatic heterocycles. The van der Waals surface area contributed by atoms with Crippen LogP contribution < -0.4 is 0 Å². The maximum Gasteiger partial charge on any atom is 0.226 e. The Hall–Kier alpha value is -1.67. The third-order valence-corrected chi connectivity index (χ3v) is 4.09. The summed E-state index contributed by atoms with van der Waals surface area (Å²) in [5.41, 5.74) is 3.24. The number of nitriles is 1. The zero-order chi connectivity index (χ0) is 13.8. The molecule has 0 aliphatic carbocycles. The van der Waals surface area contributed by atoms with Gasteiger partial charge in [0.15, 0.2) is 0 Å². The summed E-state index contributed by atoms with van der Waals surface area (Å²) in [6.07, 6.45) is 1.90. The van der Waals surface area contributed by atoms with Gasteiger partial charge in [0.1, 0.15) is 0 Å². The van der Waals surface area contributed by atoms with Crippen molar-refractivity contribution in [3.8, 4) is 17.5 Å². The molecule has 0 radical (unpaired) electrons. The third kappa shape index (κ3) is 3.21. The van der Waals surface area contributed by atoms with Gasteiger partial charge in [-0.1, -0.05) is 21.1 Å². The predicted molar refractivity (Wildman–Crippen MR) is 75.5 cm³/mol. The van der Waals surface area contributed by atoms with E-state index in [1.807, 2.05) is 26.0 Å². The maximum atomic E-state index is 8.49. The lowest BCUT2D eigenvalue weighted by molar-refractivity contribution is 0.376. The first-order valence-electron chi connectivity index (χ1n) is 6.08. The van der Waals surface area contributed by atoms with Crippen LogP contribution in [0.2, 0.25) is 0 Å². The quantitative estimate of drug-likeness (QED) is 0.800. The number of benzene rings is 1. The minimum Gasteiger partial charge on any atom is -0.339 e. The van der Waals surface area contributed by atoms with Gasteiger partial charge in [0, 0.05) is 22.9 Å². The second-order valence-electron chi connectivity index (χ2n) is 4.45. The standard InChI is InChI=1S/C14H14BrN3O/c1-9-7-11(8-10(2)13(9)15)14-17-12(19-18-14)5-3-4-6-16/h7-8H,3-5H2,1-2H3. The molecule has 1 aromatic carbocycles. The fourth-order valence-corrected chi connectivity index (χ4v) is 2.10. The lowest BCUT2D eigenvalue weighted by Crippen LogP contribution is -1.88. The number of halogens is 1. The largest absolute Gasteiger partial charge is 0.339 e. The number of unbranched alkanes of at least 4 members (excludes halogenated alkanes) is 1. The first-order chi connectivity index (χ1) is 9.11. The van der Waals surface area contributed by atoms with Crippen molar-refractivity contribution in [1.29, 1.82) is 5.26 Å². The van der Waals surface area contributed by atoms with Gasteiger partial charge in [-0.2, -0.15) is 10.2 Å². The Kier molecular flexibility index (Phi) is 4.33. The van der Waals surface area contributed by atoms with Crippen LogP contribution in [-0.2, 0) is 6.42 Å². The molecule has 0 bridgehead atoms. The summed E-state index contributed by atoms with van der Waals surface area (Å²) in [6, 6.07) is 6.16. The first kappa shape index (κ1) is 13.8. The smallest absolute Gasteiger partial charge is 0.226 e. The lowest BCUT2D eigenvalue weighted by atomic mass is 10.1. The summed E-state index contributed by atoms with van der Waals surface area (Å²) in [5.74, 6) is 1.19. The van der Waals surface area contributed by atoms with E-state index in [0.29, 0.717) is 24.6 Å². The molecular weight excluding hydrogens is 306 g/mol. The molecule has 1 aromatic heterocycles. The molecule has 0 N–H and O–H groups in total. The molecule has 0 unspecified atom stereocenters. The molecular formula is C14H14BrN3O. The molecule has 0 spiro atoms. The molecule has 98 valence electrons. The minimum absolute atomic E-state index is 0.508. The highest BCUT2D eigenvalue weighted by Crippen LogP contribution is 2.27. The molecule has 0 atom stereocenters. The van der Waals surface area contributed by atoms with Gasteiger partial charge < -0.3 is 4.52 Å². The van der Waals surface area contributed by atoms with Gasteiger partial charge in [-0.3, -0.25) is 0 Å². The van der Waals surface area contributed by atoms with Crippen molar-refractivity contribution in [2.75, 3.05) is 0 Å². The average Bonchev–Trinajstić information content (AvgIpc) is 2.84. The Morgan fingerprint density at radius 3 is 2.63 bits per heavy atom. The summed E-state index contributed by atoms with van der Waals surface area (Å²) in [6.45, 7) is 4.07. The number of nitrogens with zero attached hydrogens (tertiary/aromatic N) is 3. The van der Waals surface area contributed by atoms with E-state index in [1.165, 1.54) is 0 Å². The molecule has 0 saturated heterocycles. The Labute approximate surface area is 120 Å². The van der Waals surface area contributed by atoms with Crippen LogP contribution in [0.25, 0.3) is 11.4 Å². The van der Waals surface area contributed by atoms with E-state index >= 15 is 0 Å². The van der Waals surface area contributed by atoms with E-state index in [9.17, 15) is 0 Å². The number of rotatable bonds is 4. The highest BCUT2D eigenvalue weighted by Gasteiger charge is 2.11. The third-order valence-electron chi connectivity index (χ3n) is 2.84. The van der Waals surface area contributed by atoms with Crippen LogP contribution >= 0.6 is 15.9 Å². The number of aryl methyl sites for hydroxylation is 3. The zero-order valence-corrected chi connectivity index (χ0v) is 12.5. The second kappa shape index (κ2) is 5.98. The molecule has 0 fully saturated rings. The number of aromatic nitrogens is 2. The van der Waals surface area contributed by atoms with Crippen molar-refractivity contribution in [1.82, 2.24) is 10.1 Å². The molecule has 19 heavy (non-hydrogen) atoms. The molecule has 5 heteroatoms. The maximum absolute atomic E-state index is 8.49. The Bertz CT molecular complexity index is 605. The number of hydrogen-bond acceptors (Lipinski definition) is 4. The Morgan fingerprint density at radius 2 is 2.00 bits per heavy atom. The molecule has 4 nitrogen and oxygen atoms in total. The van der Waals surface area contributed by atoms with Crippen LogP contribution in [0.15, 0.2) is 21.1 Å². The van der Waals surface area contributed by atoms with Crippen molar-refractivity contribution in [3.63, 3.8) is 0 Å². The highest BCUT2D eigenvalue weighted by molar-refractivity contribution is 9.10. The summed E-state index contributed by atoms with van der Waals surface area (Å²) < 4.78 is 6.30. The monoisotopic (exact) mass is 319 g/mol. The predicted octanol–water partition coefficient (Wildman–Crippen LogP) is 3.96. The molecule has 2 aromatic rings. The van der Waals surface area contributed by atoms with Crippen LogP contribution in [-0.4, -0.2) is 10.1 Å². The van der Waals surface area contributed by atoms with Crippen LogP contribution in [0.5, 0.6) is 0 Å². The zero-order valence-electron chi connectivity index (χ0n) is 10.9. The van der Waals surface area contributed by atoms with E-state index < -0.39 is 0 Å². The van der Waals surface area contributed by atoms with Gasteiger partial charge in [0.25, 0.3) is 0 Å². The Balaban J connectivity index is 2.21. The molecule has 0 aliphatic rings. The topological polar surface area (TPSA) is 62.7 Å². The van der Waals surface area contributed by atoms with Gasteiger partial charge in [-0.25, -0.2) is 0 Å². The van der Waals surface area contributed by atoms with Gasteiger partial charge >= 0.3 is 0 Å². The molecule has 0 amide bonds. The Morgan fingerprint density at radius 1 is 1.32 bits per heavy atom. The van der Waals surface area contributed by atoms with Crippen molar-refractivity contribution >= 4 is 15.9 Å². The van der Waals surface area contributed by atoms with E-state index in [1.54, 1.807) is 0 Å². The summed E-state index contributed by atoms with van der Waals surface area (Å²) in [5, 5.41) is 12.5. The summed E-state index contributed by atoms with van der Waals surface area (Å²) in [4.78, 5) is 4.36. The average molecular weight is 320 g/mol. The van der Waals surface area contributed by atoms with Crippen LogP contribution in [0.4, 0.5) is 0 Å². The SMILES string of the molecule is Cc1cc(-c2noc(CCCC#N)n2)cc(C)c1Br. The second-order valence-corrected chi connectivity index (χ2v) is 5.24. The van der Waals surface area contributed by atoms with E-state index in [-0.39, 0.29) is 0 Å². The number of hydrogen-bond donors (Lipinski definition) is 0. The van der Waals surface area contributed by atoms with Gasteiger partial charge in [-0.05, 0) is 43.5 Å². The fourth-order valence-electron chi connectivity index (χ4n) is 1.87. The van der Waals surface area contributed by atoms with Crippen molar-refractivity contribution < 1.29 is 4.52 Å². The van der Waals surface area contributed by atoms with Gasteiger partial charge in [0.2, 0.25) is 11.7 Å². The van der Waals surface area contributed by atoms with Gasteiger partial charge in [0.05, 0.1) is 6.07 Å². The summed E-state index contributed by atoms with van der Waals surface area (Å²) in [7, 11) is 0. The molecule has 1 heterocycles. The van der Waals surface area contributed by atoms with Crippen molar-refractivity contribution in [2.24, 2.45) is 0 Å². The molecule has 2 rings (SSSR count). The minimum atomic E-state index is 0.508. The van der Waals surface area contributed by atoms with E-state index in [4.69, 9.17) is 9.78 Å². The van der Waals surface area contributed by atoms with Gasteiger partial charge in [-0.15, -0.1) is 0 Å². The molecule has 0 saturated carbocycles. The van der Waals surface area contributed by atoms with Crippen LogP contribution in [0.3, 0.4) is 0 Å². The van der Waals surface area contributed by atoms with Crippen LogP contribution in [0.1, 0.15) is 29.9 Å². The van der Waals surface area contributed by atoms with Crippen LogP contribution in [0, 0.1) is 25.2 Å². The van der Waals surface area contributed by atoms with Crippen molar-refractivity contribution in [3.05, 3.63) is 33.6 Å². The summed E-state index contributed by atoms with van der Waals surface area (Å²) >= 11 is 3.54. The van der Waals surface area contributed by atoms with E-state index in [2.05, 4.69) is 32.1 Å². The lowest BCUT2D eigenvalue weighted by Gasteiger charge is -2.04. The van der Waals surface area contributed by atoms with E-state index in [0.717, 1.165) is 27.6 Å². The van der Waals surface area contributed by atoms with Crippen molar-refractivity contribution in [2.45, 2.75) is 33.1 Å². The normalized spacial score (nSPS) is 10.4.